The number of H-pyrrole nitrogens is 2. The summed E-state index contributed by atoms with van der Waals surface area (Å²) < 4.78 is 187. The number of aromatic amines is 2. The number of nitrogens with one attached hydrogen (secondary N) is 2. The van der Waals surface area contributed by atoms with Crippen LogP contribution in [0, 0.1) is 58.2 Å². The molecule has 2 aliphatic heterocycles. The molecular weight excluding hydrogens is 1170 g/mol. The SMILES string of the molecule is Fc1c(F)c(F)c(-c2c3nc(c(-c4c(OCc5ccccc5)cccc4OCc4ccccc4)c4ccc([nH]4)c(-c4c(F)c(F)c(F)c(F)c4F)c4nc(c(-c5c(OCc6ccccc6)cccc5OCc5ccccc5)c5ccc2[nH]5)C=C4)C=C3)c(F)c1F. The lowest BCUT2D eigenvalue weighted by atomic mass is 10.0. The number of halogens is 10. The molecule has 0 saturated heterocycles. The summed E-state index contributed by atoms with van der Waals surface area (Å²) >= 11 is 0. The number of ether oxygens (including phenoxy) is 4. The van der Waals surface area contributed by atoms with Crippen LogP contribution in [-0.4, -0.2) is 19.9 Å². The third-order valence-electron chi connectivity index (χ3n) is 15.1. The van der Waals surface area contributed by atoms with Crippen molar-refractivity contribution in [3.05, 3.63) is 285 Å². The van der Waals surface area contributed by atoms with E-state index in [1.165, 1.54) is 48.6 Å². The highest BCUT2D eigenvalue weighted by Gasteiger charge is 2.33. The second-order valence-corrected chi connectivity index (χ2v) is 20.7. The lowest BCUT2D eigenvalue weighted by molar-refractivity contribution is 0.292. The third-order valence-corrected chi connectivity index (χ3v) is 15.1. The molecule has 0 spiro atoms. The number of aromatic nitrogens is 4. The number of hydrogen-bond acceptors (Lipinski definition) is 6. The van der Waals surface area contributed by atoms with E-state index < -0.39 is 80.4 Å². The monoisotopic (exact) mass is 1220 g/mol. The fraction of sp³-hybridized carbons (Fsp3) is 0.0556. The van der Waals surface area contributed by atoms with Crippen molar-refractivity contribution >= 4 is 46.4 Å². The summed E-state index contributed by atoms with van der Waals surface area (Å²) in [6.45, 7) is -0.116. The first-order valence-electron chi connectivity index (χ1n) is 27.9. The van der Waals surface area contributed by atoms with Crippen molar-refractivity contribution in [2.24, 2.45) is 0 Å². The Morgan fingerprint density at radius 2 is 0.456 bits per heavy atom. The Morgan fingerprint density at radius 1 is 0.233 bits per heavy atom. The van der Waals surface area contributed by atoms with Crippen molar-refractivity contribution in [3.63, 3.8) is 0 Å². The predicted molar refractivity (Wildman–Crippen MR) is 323 cm³/mol. The minimum atomic E-state index is -2.41. The number of fused-ring (bicyclic) bond motifs is 8. The van der Waals surface area contributed by atoms with Gasteiger partial charge in [0, 0.05) is 44.3 Å². The van der Waals surface area contributed by atoms with E-state index in [-0.39, 0.29) is 117 Å². The molecule has 11 aromatic rings. The van der Waals surface area contributed by atoms with E-state index in [2.05, 4.69) is 9.97 Å². The van der Waals surface area contributed by atoms with Crippen molar-refractivity contribution in [1.82, 2.24) is 19.9 Å². The van der Waals surface area contributed by atoms with Crippen molar-refractivity contribution in [2.75, 3.05) is 0 Å². The van der Waals surface area contributed by atoms with Crippen LogP contribution in [-0.2, 0) is 26.4 Å². The minimum absolute atomic E-state index is 0.00658. The Hall–Kier alpha value is -11.1. The second-order valence-electron chi connectivity index (χ2n) is 20.7. The molecule has 446 valence electrons. The van der Waals surface area contributed by atoms with E-state index in [1.807, 2.05) is 72.8 Å². The van der Waals surface area contributed by atoms with Gasteiger partial charge in [0.15, 0.2) is 46.5 Å². The highest BCUT2D eigenvalue weighted by atomic mass is 19.2. The van der Waals surface area contributed by atoms with Crippen LogP contribution in [0.3, 0.4) is 0 Å². The molecule has 8 bridgehead atoms. The fourth-order valence-corrected chi connectivity index (χ4v) is 10.8. The molecule has 18 heteroatoms. The van der Waals surface area contributed by atoms with Gasteiger partial charge in [0.2, 0.25) is 11.6 Å². The molecule has 0 amide bonds. The third kappa shape index (κ3) is 11.0. The van der Waals surface area contributed by atoms with Gasteiger partial charge in [-0.15, -0.1) is 0 Å². The molecule has 0 aliphatic carbocycles. The average Bonchev–Trinajstić information content (AvgIpc) is 1.54. The molecule has 2 aliphatic rings. The maximum atomic E-state index is 16.8. The Labute approximate surface area is 506 Å². The van der Waals surface area contributed by atoms with E-state index in [1.54, 1.807) is 84.9 Å². The highest BCUT2D eigenvalue weighted by Crippen LogP contribution is 2.48. The van der Waals surface area contributed by atoms with Crippen molar-refractivity contribution in [3.8, 4) is 67.5 Å². The largest absolute Gasteiger partial charge is 0.488 e. The van der Waals surface area contributed by atoms with Crippen LogP contribution >= 0.6 is 0 Å². The molecule has 0 saturated carbocycles. The Morgan fingerprint density at radius 3 is 0.700 bits per heavy atom. The Kier molecular flexibility index (Phi) is 15.8. The summed E-state index contributed by atoms with van der Waals surface area (Å²) in [6.07, 6.45) is 5.35. The zero-order valence-electron chi connectivity index (χ0n) is 46.8. The van der Waals surface area contributed by atoms with Crippen LogP contribution in [0.1, 0.15) is 45.0 Å². The van der Waals surface area contributed by atoms with Crippen LogP contribution in [0.2, 0.25) is 0 Å². The summed E-state index contributed by atoms with van der Waals surface area (Å²) in [5, 5.41) is 0. The van der Waals surface area contributed by atoms with Gasteiger partial charge >= 0.3 is 0 Å². The van der Waals surface area contributed by atoms with Gasteiger partial charge in [0.05, 0.1) is 45.0 Å². The number of rotatable bonds is 16. The van der Waals surface area contributed by atoms with Gasteiger partial charge in [-0.2, -0.15) is 0 Å². The lowest BCUT2D eigenvalue weighted by Gasteiger charge is -2.18. The van der Waals surface area contributed by atoms with Crippen LogP contribution in [0.15, 0.2) is 182 Å². The summed E-state index contributed by atoms with van der Waals surface area (Å²) in [5.41, 5.74) is -2.04. The smallest absolute Gasteiger partial charge is 0.200 e. The molecule has 2 N–H and O–H groups in total. The van der Waals surface area contributed by atoms with E-state index in [0.29, 0.717) is 0 Å². The van der Waals surface area contributed by atoms with Crippen LogP contribution < -0.4 is 18.9 Å². The van der Waals surface area contributed by atoms with Crippen molar-refractivity contribution in [2.45, 2.75) is 26.4 Å². The molecule has 3 aromatic heterocycles. The van der Waals surface area contributed by atoms with Gasteiger partial charge in [-0.1, -0.05) is 133 Å². The zero-order valence-corrected chi connectivity index (χ0v) is 46.8. The van der Waals surface area contributed by atoms with Gasteiger partial charge in [0.25, 0.3) is 0 Å². The normalized spacial score (nSPS) is 11.8. The lowest BCUT2D eigenvalue weighted by Crippen LogP contribution is -2.05. The average molecular weight is 1220 g/mol. The van der Waals surface area contributed by atoms with Gasteiger partial charge in [0.1, 0.15) is 49.4 Å². The Bertz CT molecular complexity index is 4360. The van der Waals surface area contributed by atoms with Gasteiger partial charge in [-0.3, -0.25) is 0 Å². The first-order valence-corrected chi connectivity index (χ1v) is 27.9. The standard InChI is InChI=1S/C72H44F10N4O4/c73-63-61(64(74)68(78)71(81)67(63)77)57-47-31-27-43(83-47)55(59-51(87-35-39-15-5-1-6-16-39)23-13-24-52(59)88-36-40-17-7-2-8-18-40)44-28-32-48(84-44)58(62-65(75)69(79)72(82)70(80)66(62)76)50-34-30-46(86-50)56(45-29-33-49(57)85-45)60-53(89-37-41-19-9-3-10-20-41)25-14-26-54(60)90-38-42-21-11-4-12-22-42/h1-34,83,86H,35-38H2. The van der Waals surface area contributed by atoms with Crippen LogP contribution in [0.5, 0.6) is 23.0 Å². The second kappa shape index (κ2) is 24.6. The highest BCUT2D eigenvalue weighted by molar-refractivity contribution is 6.02. The molecule has 0 unspecified atom stereocenters. The molecule has 5 heterocycles. The summed E-state index contributed by atoms with van der Waals surface area (Å²) in [7, 11) is 0. The number of hydrogen-bond donors (Lipinski definition) is 2. The number of nitrogens with zero attached hydrogens (tertiary/aromatic N) is 2. The zero-order chi connectivity index (χ0) is 62.2. The molecule has 8 nitrogen and oxygen atoms in total. The molecule has 8 aromatic carbocycles. The van der Waals surface area contributed by atoms with Crippen molar-refractivity contribution < 1.29 is 62.9 Å². The summed E-state index contributed by atoms with van der Waals surface area (Å²) in [4.78, 5) is 16.2. The van der Waals surface area contributed by atoms with Crippen LogP contribution in [0.25, 0.3) is 90.9 Å². The predicted octanol–water partition coefficient (Wildman–Crippen LogP) is 19.0. The fourth-order valence-electron chi connectivity index (χ4n) is 10.8. The number of benzene rings is 8. The van der Waals surface area contributed by atoms with Gasteiger partial charge < -0.3 is 28.9 Å². The molecule has 13 rings (SSSR count). The molecular formula is C72H44F10N4O4. The van der Waals surface area contributed by atoms with Crippen LogP contribution in [0.4, 0.5) is 43.9 Å². The van der Waals surface area contributed by atoms with Crippen molar-refractivity contribution in [1.29, 1.82) is 0 Å². The summed E-state index contributed by atoms with van der Waals surface area (Å²) in [5.74, 6) is -22.0. The quantitative estimate of drug-likeness (QED) is 0.0569. The first-order chi connectivity index (χ1) is 43.8. The Balaban J connectivity index is 1.18. The van der Waals surface area contributed by atoms with E-state index in [0.717, 1.165) is 22.3 Å². The first kappa shape index (κ1) is 57.9. The van der Waals surface area contributed by atoms with Gasteiger partial charge in [-0.25, -0.2) is 53.9 Å². The van der Waals surface area contributed by atoms with E-state index in [4.69, 9.17) is 28.9 Å². The minimum Gasteiger partial charge on any atom is -0.488 e. The maximum Gasteiger partial charge on any atom is 0.200 e. The topological polar surface area (TPSA) is 94.3 Å². The maximum absolute atomic E-state index is 16.8. The van der Waals surface area contributed by atoms with E-state index in [9.17, 15) is 0 Å². The summed E-state index contributed by atoms with van der Waals surface area (Å²) in [6, 6.07) is 51.4. The van der Waals surface area contributed by atoms with Gasteiger partial charge in [-0.05, 0) is 95.1 Å². The van der Waals surface area contributed by atoms with E-state index >= 15 is 43.9 Å². The molecule has 0 fully saturated rings. The molecule has 90 heavy (non-hydrogen) atoms. The molecule has 0 atom stereocenters. The molecule has 0 radical (unpaired) electrons.